The molecule has 4 N–H and O–H groups in total. The summed E-state index contributed by atoms with van der Waals surface area (Å²) in [6.45, 7) is 2.92. The van der Waals surface area contributed by atoms with E-state index in [1.165, 1.54) is 19.3 Å². The molecule has 1 saturated carbocycles. The van der Waals surface area contributed by atoms with E-state index in [1.807, 2.05) is 0 Å². The Morgan fingerprint density at radius 1 is 1.40 bits per heavy atom. The first kappa shape index (κ1) is 14.9. The second-order valence-electron chi connectivity index (χ2n) is 5.90. The van der Waals surface area contributed by atoms with E-state index < -0.39 is 6.04 Å². The average molecular weight is 276 g/mol. The Labute approximate surface area is 120 Å². The van der Waals surface area contributed by atoms with Crippen LogP contribution in [-0.2, 0) is 11.2 Å². The maximum absolute atomic E-state index is 12.0. The highest BCUT2D eigenvalue weighted by atomic mass is 16.3. The van der Waals surface area contributed by atoms with Gasteiger partial charge in [0.15, 0.2) is 0 Å². The first-order valence-electron chi connectivity index (χ1n) is 7.36. The maximum atomic E-state index is 12.0. The highest BCUT2D eigenvalue weighted by molar-refractivity contribution is 5.81. The maximum Gasteiger partial charge on any atom is 0.237 e. The molecule has 1 atom stereocenters. The van der Waals surface area contributed by atoms with Gasteiger partial charge in [0.25, 0.3) is 0 Å². The molecule has 0 radical (unpaired) electrons. The first-order valence-corrected chi connectivity index (χ1v) is 7.36. The summed E-state index contributed by atoms with van der Waals surface area (Å²) >= 11 is 0. The van der Waals surface area contributed by atoms with Gasteiger partial charge in [-0.25, -0.2) is 0 Å². The van der Waals surface area contributed by atoms with Gasteiger partial charge in [-0.15, -0.1) is 0 Å². The molecule has 110 valence electrons. The molecular weight excluding hydrogens is 252 g/mol. The molecule has 0 saturated heterocycles. The minimum absolute atomic E-state index is 0.0854. The van der Waals surface area contributed by atoms with Gasteiger partial charge in [-0.3, -0.25) is 4.79 Å². The zero-order chi connectivity index (χ0) is 14.6. The average Bonchev–Trinajstić information content (AvgIpc) is 2.40. The third-order valence-corrected chi connectivity index (χ3v) is 4.53. The number of phenols is 1. The van der Waals surface area contributed by atoms with Crippen LogP contribution in [0.2, 0.25) is 0 Å². The lowest BCUT2D eigenvalue weighted by atomic mass is 9.67. The predicted octanol–water partition coefficient (Wildman–Crippen LogP) is 1.96. The van der Waals surface area contributed by atoms with Crippen LogP contribution in [0.15, 0.2) is 24.3 Å². The number of nitrogens with two attached hydrogens (primary N) is 1. The molecule has 0 bridgehead atoms. The van der Waals surface area contributed by atoms with Crippen molar-refractivity contribution in [3.8, 4) is 5.75 Å². The molecule has 0 aromatic heterocycles. The molecule has 1 aromatic rings. The quantitative estimate of drug-likeness (QED) is 0.743. The number of carbonyl (C=O) groups excluding carboxylic acids is 1. The lowest BCUT2D eigenvalue weighted by Crippen LogP contribution is -2.48. The normalized spacial score (nSPS) is 18.1. The molecule has 4 heteroatoms. The lowest BCUT2D eigenvalue weighted by Gasteiger charge is -2.41. The van der Waals surface area contributed by atoms with Crippen LogP contribution in [0.25, 0.3) is 0 Å². The fourth-order valence-corrected chi connectivity index (χ4v) is 2.72. The van der Waals surface area contributed by atoms with Gasteiger partial charge in [-0.05, 0) is 48.8 Å². The summed E-state index contributed by atoms with van der Waals surface area (Å²) in [4.78, 5) is 12.0. The van der Waals surface area contributed by atoms with Crippen molar-refractivity contribution < 1.29 is 9.90 Å². The Hall–Kier alpha value is -1.55. The molecule has 1 aromatic carbocycles. The SMILES string of the molecule is CCC1(CNC(=O)[C@H](N)Cc2ccc(O)cc2)CCC1. The molecule has 4 nitrogen and oxygen atoms in total. The number of nitrogens with one attached hydrogen (secondary N) is 1. The number of phenolic OH excluding ortho intramolecular Hbond substituents is 1. The van der Waals surface area contributed by atoms with E-state index in [2.05, 4.69) is 12.2 Å². The van der Waals surface area contributed by atoms with Gasteiger partial charge in [0.2, 0.25) is 5.91 Å². The third-order valence-electron chi connectivity index (χ3n) is 4.53. The van der Waals surface area contributed by atoms with Gasteiger partial charge in [-0.2, -0.15) is 0 Å². The smallest absolute Gasteiger partial charge is 0.237 e. The minimum atomic E-state index is -0.534. The second-order valence-corrected chi connectivity index (χ2v) is 5.90. The van der Waals surface area contributed by atoms with E-state index >= 15 is 0 Å². The van der Waals surface area contributed by atoms with Crippen LogP contribution in [0.3, 0.4) is 0 Å². The highest BCUT2D eigenvalue weighted by Gasteiger charge is 2.35. The molecule has 1 fully saturated rings. The summed E-state index contributed by atoms with van der Waals surface area (Å²) in [7, 11) is 0. The van der Waals surface area contributed by atoms with E-state index in [4.69, 9.17) is 5.73 Å². The van der Waals surface area contributed by atoms with E-state index in [9.17, 15) is 9.90 Å². The molecule has 0 unspecified atom stereocenters. The number of amides is 1. The van der Waals surface area contributed by atoms with Crippen molar-refractivity contribution in [3.05, 3.63) is 29.8 Å². The standard InChI is InChI=1S/C16H24N2O2/c1-2-16(8-3-9-16)11-18-15(20)14(17)10-12-4-6-13(19)7-5-12/h4-7,14,19H,2-3,8-11,17H2,1H3,(H,18,20)/t14-/m1/s1. The molecule has 0 spiro atoms. The van der Waals surface area contributed by atoms with Crippen LogP contribution in [0.1, 0.15) is 38.2 Å². The molecule has 2 rings (SSSR count). The van der Waals surface area contributed by atoms with Crippen LogP contribution in [0.5, 0.6) is 5.75 Å². The van der Waals surface area contributed by atoms with Crippen LogP contribution in [0.4, 0.5) is 0 Å². The molecule has 20 heavy (non-hydrogen) atoms. The Bertz CT molecular complexity index is 447. The molecule has 1 aliphatic carbocycles. The number of carbonyl (C=O) groups is 1. The van der Waals surface area contributed by atoms with Crippen molar-refractivity contribution in [2.24, 2.45) is 11.1 Å². The largest absolute Gasteiger partial charge is 0.508 e. The molecular formula is C16H24N2O2. The van der Waals surface area contributed by atoms with Crippen molar-refractivity contribution in [3.63, 3.8) is 0 Å². The minimum Gasteiger partial charge on any atom is -0.508 e. The van der Waals surface area contributed by atoms with Crippen molar-refractivity contribution in [1.29, 1.82) is 0 Å². The van der Waals surface area contributed by atoms with Gasteiger partial charge in [0, 0.05) is 6.54 Å². The van der Waals surface area contributed by atoms with E-state index in [-0.39, 0.29) is 11.7 Å². The topological polar surface area (TPSA) is 75.4 Å². The van der Waals surface area contributed by atoms with Crippen molar-refractivity contribution in [2.45, 2.75) is 45.1 Å². The lowest BCUT2D eigenvalue weighted by molar-refractivity contribution is -0.123. The Balaban J connectivity index is 1.81. The predicted molar refractivity (Wildman–Crippen MR) is 79.4 cm³/mol. The summed E-state index contributed by atoms with van der Waals surface area (Å²) in [6.07, 6.45) is 5.28. The number of aromatic hydroxyl groups is 1. The van der Waals surface area contributed by atoms with E-state index in [1.54, 1.807) is 24.3 Å². The number of hydrogen-bond donors (Lipinski definition) is 3. The number of hydrogen-bond acceptors (Lipinski definition) is 3. The summed E-state index contributed by atoms with van der Waals surface area (Å²) in [5.41, 5.74) is 7.21. The monoisotopic (exact) mass is 276 g/mol. The van der Waals surface area contributed by atoms with Crippen LogP contribution in [-0.4, -0.2) is 23.6 Å². The molecule has 1 amide bonds. The van der Waals surface area contributed by atoms with Gasteiger partial charge in [0.1, 0.15) is 5.75 Å². The Morgan fingerprint density at radius 2 is 2.05 bits per heavy atom. The fraction of sp³-hybridized carbons (Fsp3) is 0.562. The van der Waals surface area contributed by atoms with Gasteiger partial charge < -0.3 is 16.2 Å². The summed E-state index contributed by atoms with van der Waals surface area (Å²) in [5, 5.41) is 12.2. The molecule has 1 aliphatic rings. The molecule has 0 aliphatic heterocycles. The van der Waals surface area contributed by atoms with Crippen LogP contribution >= 0.6 is 0 Å². The third kappa shape index (κ3) is 3.51. The number of benzene rings is 1. The Kier molecular flexibility index (Phi) is 4.65. The zero-order valence-corrected chi connectivity index (χ0v) is 12.1. The van der Waals surface area contributed by atoms with Crippen molar-refractivity contribution >= 4 is 5.91 Å². The van der Waals surface area contributed by atoms with E-state index in [0.717, 1.165) is 18.5 Å². The van der Waals surface area contributed by atoms with Crippen molar-refractivity contribution in [2.75, 3.05) is 6.54 Å². The first-order chi connectivity index (χ1) is 9.54. The summed E-state index contributed by atoms with van der Waals surface area (Å²) < 4.78 is 0. The Morgan fingerprint density at radius 3 is 2.55 bits per heavy atom. The van der Waals surface area contributed by atoms with Gasteiger partial charge in [-0.1, -0.05) is 25.5 Å². The highest BCUT2D eigenvalue weighted by Crippen LogP contribution is 2.42. The van der Waals surface area contributed by atoms with Gasteiger partial charge >= 0.3 is 0 Å². The van der Waals surface area contributed by atoms with Crippen LogP contribution in [0, 0.1) is 5.41 Å². The summed E-state index contributed by atoms with van der Waals surface area (Å²) in [5.74, 6) is 0.138. The van der Waals surface area contributed by atoms with Gasteiger partial charge in [0.05, 0.1) is 6.04 Å². The van der Waals surface area contributed by atoms with E-state index in [0.29, 0.717) is 11.8 Å². The zero-order valence-electron chi connectivity index (χ0n) is 12.1. The fourth-order valence-electron chi connectivity index (χ4n) is 2.72. The van der Waals surface area contributed by atoms with Crippen molar-refractivity contribution in [1.82, 2.24) is 5.32 Å². The van der Waals surface area contributed by atoms with Crippen LogP contribution < -0.4 is 11.1 Å². The molecule has 0 heterocycles. The summed E-state index contributed by atoms with van der Waals surface area (Å²) in [6, 6.07) is 6.28. The number of rotatable bonds is 6. The second kappa shape index (κ2) is 6.27.